The Bertz CT molecular complexity index is 773. The lowest BCUT2D eigenvalue weighted by atomic mass is 10.0. The third-order valence-electron chi connectivity index (χ3n) is 4.35. The molecule has 0 aromatic heterocycles. The van der Waals surface area contributed by atoms with Crippen LogP contribution in [0.5, 0.6) is 0 Å². The number of hydrogen-bond donors (Lipinski definition) is 1. The van der Waals surface area contributed by atoms with Gasteiger partial charge in [-0.3, -0.25) is 9.59 Å². The van der Waals surface area contributed by atoms with E-state index in [0.29, 0.717) is 6.42 Å². The molecule has 0 saturated heterocycles. The molecule has 2 rings (SSSR count). The lowest BCUT2D eigenvalue weighted by molar-refractivity contribution is -0.132. The van der Waals surface area contributed by atoms with Crippen molar-refractivity contribution in [2.45, 2.75) is 34.1 Å². The number of nitrogens with one attached hydrogen (secondary N) is 1. The second kappa shape index (κ2) is 7.97. The Morgan fingerprint density at radius 3 is 2.16 bits per heavy atom. The summed E-state index contributed by atoms with van der Waals surface area (Å²) in [6.07, 6.45) is 0.305. The Labute approximate surface area is 149 Å². The predicted octanol–water partition coefficient (Wildman–Crippen LogP) is 3.56. The van der Waals surface area contributed by atoms with Crippen LogP contribution in [0.1, 0.15) is 27.8 Å². The first-order chi connectivity index (χ1) is 11.8. The number of likely N-dealkylation sites (N-methyl/N-ethyl adjacent to an activating group) is 1. The monoisotopic (exact) mass is 338 g/mol. The van der Waals surface area contributed by atoms with E-state index in [9.17, 15) is 9.59 Å². The number of anilines is 1. The lowest BCUT2D eigenvalue weighted by Gasteiger charge is -2.19. The van der Waals surface area contributed by atoms with Gasteiger partial charge >= 0.3 is 0 Å². The number of carbonyl (C=O) groups is 2. The Morgan fingerprint density at radius 2 is 1.56 bits per heavy atom. The van der Waals surface area contributed by atoms with Crippen molar-refractivity contribution in [2.24, 2.45) is 0 Å². The van der Waals surface area contributed by atoms with Crippen LogP contribution in [0.25, 0.3) is 0 Å². The topological polar surface area (TPSA) is 49.4 Å². The van der Waals surface area contributed by atoms with Crippen molar-refractivity contribution >= 4 is 17.5 Å². The molecule has 1 N–H and O–H groups in total. The van der Waals surface area contributed by atoms with Crippen molar-refractivity contribution in [1.82, 2.24) is 4.90 Å². The molecule has 132 valence electrons. The molecule has 2 aromatic rings. The maximum atomic E-state index is 12.4. The molecule has 0 spiro atoms. The molecular weight excluding hydrogens is 312 g/mol. The van der Waals surface area contributed by atoms with Gasteiger partial charge in [0.05, 0.1) is 13.0 Å². The van der Waals surface area contributed by atoms with E-state index in [-0.39, 0.29) is 18.4 Å². The van der Waals surface area contributed by atoms with Crippen LogP contribution in [-0.2, 0) is 16.0 Å². The van der Waals surface area contributed by atoms with E-state index in [1.54, 1.807) is 7.05 Å². The summed E-state index contributed by atoms with van der Waals surface area (Å²) in [5.74, 6) is -0.252. The van der Waals surface area contributed by atoms with Crippen molar-refractivity contribution in [3.63, 3.8) is 0 Å². The largest absolute Gasteiger partial charge is 0.336 e. The van der Waals surface area contributed by atoms with Crippen LogP contribution < -0.4 is 5.32 Å². The van der Waals surface area contributed by atoms with Gasteiger partial charge in [0, 0.05) is 12.7 Å². The molecule has 0 saturated carbocycles. The van der Waals surface area contributed by atoms with Crippen LogP contribution in [-0.4, -0.2) is 30.3 Å². The maximum Gasteiger partial charge on any atom is 0.243 e. The third kappa shape index (κ3) is 4.92. The van der Waals surface area contributed by atoms with Crippen molar-refractivity contribution < 1.29 is 9.59 Å². The summed E-state index contributed by atoms with van der Waals surface area (Å²) in [4.78, 5) is 26.2. The first-order valence-electron chi connectivity index (χ1n) is 8.44. The Kier molecular flexibility index (Phi) is 5.97. The highest BCUT2D eigenvalue weighted by Gasteiger charge is 2.15. The quantitative estimate of drug-likeness (QED) is 0.906. The van der Waals surface area contributed by atoms with Crippen molar-refractivity contribution in [2.75, 3.05) is 18.9 Å². The average molecular weight is 338 g/mol. The zero-order valence-electron chi connectivity index (χ0n) is 15.6. The summed E-state index contributed by atoms with van der Waals surface area (Å²) in [5.41, 5.74) is 6.12. The van der Waals surface area contributed by atoms with Gasteiger partial charge in [0.2, 0.25) is 11.8 Å². The first kappa shape index (κ1) is 18.7. The fourth-order valence-corrected chi connectivity index (χ4v) is 2.97. The minimum atomic E-state index is -0.185. The van der Waals surface area contributed by atoms with Gasteiger partial charge in [-0.15, -0.1) is 0 Å². The van der Waals surface area contributed by atoms with Crippen molar-refractivity contribution in [1.29, 1.82) is 0 Å². The van der Waals surface area contributed by atoms with E-state index in [2.05, 4.69) is 5.32 Å². The average Bonchev–Trinajstić information content (AvgIpc) is 2.53. The SMILES string of the molecule is Cc1cc(C)c(NC(=O)CN(C)C(=O)Cc2ccccc2C)c(C)c1. The smallest absolute Gasteiger partial charge is 0.243 e. The normalized spacial score (nSPS) is 10.4. The summed E-state index contributed by atoms with van der Waals surface area (Å²) < 4.78 is 0. The molecular formula is C21H26N2O2. The summed E-state index contributed by atoms with van der Waals surface area (Å²) >= 11 is 0. The van der Waals surface area contributed by atoms with E-state index >= 15 is 0 Å². The molecule has 0 atom stereocenters. The van der Waals surface area contributed by atoms with Crippen LogP contribution >= 0.6 is 0 Å². The molecule has 0 fully saturated rings. The second-order valence-electron chi connectivity index (χ2n) is 6.67. The van der Waals surface area contributed by atoms with Crippen molar-refractivity contribution in [3.8, 4) is 0 Å². The van der Waals surface area contributed by atoms with Gasteiger partial charge in [-0.1, -0.05) is 42.0 Å². The fourth-order valence-electron chi connectivity index (χ4n) is 2.97. The molecule has 4 heteroatoms. The number of rotatable bonds is 5. The van der Waals surface area contributed by atoms with Crippen LogP contribution in [0.4, 0.5) is 5.69 Å². The van der Waals surface area contributed by atoms with E-state index in [1.807, 2.05) is 64.1 Å². The van der Waals surface area contributed by atoms with E-state index in [0.717, 1.165) is 27.9 Å². The molecule has 0 bridgehead atoms. The fraction of sp³-hybridized carbons (Fsp3) is 0.333. The minimum Gasteiger partial charge on any atom is -0.336 e. The summed E-state index contributed by atoms with van der Waals surface area (Å²) in [7, 11) is 1.66. The molecule has 0 unspecified atom stereocenters. The number of benzene rings is 2. The van der Waals surface area contributed by atoms with Gasteiger partial charge in [0.1, 0.15) is 0 Å². The zero-order valence-corrected chi connectivity index (χ0v) is 15.6. The first-order valence-corrected chi connectivity index (χ1v) is 8.44. The number of aryl methyl sites for hydroxylation is 4. The van der Waals surface area contributed by atoms with Crippen LogP contribution in [0, 0.1) is 27.7 Å². The van der Waals surface area contributed by atoms with Crippen LogP contribution in [0.2, 0.25) is 0 Å². The van der Waals surface area contributed by atoms with Gasteiger partial charge in [0.25, 0.3) is 0 Å². The van der Waals surface area contributed by atoms with E-state index in [1.165, 1.54) is 10.5 Å². The van der Waals surface area contributed by atoms with Gasteiger partial charge in [0.15, 0.2) is 0 Å². The van der Waals surface area contributed by atoms with Gasteiger partial charge in [-0.05, 0) is 49.9 Å². The minimum absolute atomic E-state index is 0.0392. The number of hydrogen-bond acceptors (Lipinski definition) is 2. The second-order valence-corrected chi connectivity index (χ2v) is 6.67. The summed E-state index contributed by atoms with van der Waals surface area (Å²) in [6, 6.07) is 11.9. The molecule has 0 radical (unpaired) electrons. The Balaban J connectivity index is 1.98. The van der Waals surface area contributed by atoms with Gasteiger partial charge < -0.3 is 10.2 Å². The third-order valence-corrected chi connectivity index (χ3v) is 4.35. The molecule has 0 heterocycles. The number of nitrogens with zero attached hydrogens (tertiary/aromatic N) is 1. The van der Waals surface area contributed by atoms with Crippen LogP contribution in [0.15, 0.2) is 36.4 Å². The van der Waals surface area contributed by atoms with Crippen molar-refractivity contribution in [3.05, 3.63) is 64.2 Å². The highest BCUT2D eigenvalue weighted by atomic mass is 16.2. The summed E-state index contributed by atoms with van der Waals surface area (Å²) in [5, 5.41) is 2.93. The molecule has 2 aromatic carbocycles. The Morgan fingerprint density at radius 1 is 0.960 bits per heavy atom. The maximum absolute atomic E-state index is 12.4. The zero-order chi connectivity index (χ0) is 18.6. The molecule has 25 heavy (non-hydrogen) atoms. The molecule has 0 aliphatic carbocycles. The molecule has 4 nitrogen and oxygen atoms in total. The van der Waals surface area contributed by atoms with Gasteiger partial charge in [-0.25, -0.2) is 0 Å². The highest BCUT2D eigenvalue weighted by Crippen LogP contribution is 2.21. The number of carbonyl (C=O) groups excluding carboxylic acids is 2. The highest BCUT2D eigenvalue weighted by molar-refractivity contribution is 5.96. The molecule has 0 aliphatic heterocycles. The summed E-state index contributed by atoms with van der Waals surface area (Å²) in [6.45, 7) is 8.00. The number of amides is 2. The predicted molar refractivity (Wildman–Crippen MR) is 102 cm³/mol. The molecule has 0 aliphatic rings. The molecule has 2 amide bonds. The Hall–Kier alpha value is -2.62. The lowest BCUT2D eigenvalue weighted by Crippen LogP contribution is -2.36. The van der Waals surface area contributed by atoms with E-state index in [4.69, 9.17) is 0 Å². The van der Waals surface area contributed by atoms with Crippen LogP contribution in [0.3, 0.4) is 0 Å². The van der Waals surface area contributed by atoms with E-state index < -0.39 is 0 Å². The standard InChI is InChI=1S/C21H26N2O2/c1-14-10-16(3)21(17(4)11-14)22-19(24)13-23(5)20(25)12-18-9-7-6-8-15(18)2/h6-11H,12-13H2,1-5H3,(H,22,24). The van der Waals surface area contributed by atoms with Gasteiger partial charge in [-0.2, -0.15) is 0 Å².